The first-order valence-electron chi connectivity index (χ1n) is 5.77. The molecule has 1 aromatic rings. The van der Waals surface area contributed by atoms with E-state index >= 15 is 0 Å². The van der Waals surface area contributed by atoms with Gasteiger partial charge >= 0.3 is 0 Å². The molecule has 0 aromatic heterocycles. The molecule has 4 heteroatoms. The first-order chi connectivity index (χ1) is 8.08. The highest BCUT2D eigenvalue weighted by Gasteiger charge is 2.11. The molecule has 0 spiro atoms. The van der Waals surface area contributed by atoms with Crippen molar-refractivity contribution in [2.75, 3.05) is 7.11 Å². The molecule has 0 bridgehead atoms. The van der Waals surface area contributed by atoms with Crippen LogP contribution in [0, 0.1) is 5.41 Å². The Morgan fingerprint density at radius 2 is 2.18 bits per heavy atom. The lowest BCUT2D eigenvalue weighted by molar-refractivity contribution is 0.208. The van der Waals surface area contributed by atoms with Crippen LogP contribution in [0.15, 0.2) is 18.2 Å². The van der Waals surface area contributed by atoms with Crippen LogP contribution in [0.25, 0.3) is 0 Å². The summed E-state index contributed by atoms with van der Waals surface area (Å²) in [5.41, 5.74) is 6.12. The van der Waals surface area contributed by atoms with Crippen LogP contribution in [0.3, 0.4) is 0 Å². The fourth-order valence-electron chi connectivity index (χ4n) is 1.63. The normalized spacial score (nSPS) is 11.9. The largest absolute Gasteiger partial charge is 0.497 e. The van der Waals surface area contributed by atoms with Gasteiger partial charge in [0.15, 0.2) is 0 Å². The second-order valence-electron chi connectivity index (χ2n) is 3.99. The van der Waals surface area contributed by atoms with Crippen LogP contribution >= 0.6 is 0 Å². The number of rotatable bonds is 6. The Balaban J connectivity index is 2.96. The molecule has 0 aliphatic rings. The fourth-order valence-corrected chi connectivity index (χ4v) is 1.63. The molecule has 0 heterocycles. The summed E-state index contributed by atoms with van der Waals surface area (Å²) in [6.07, 6.45) is 2.12. The number of methoxy groups -OCH3 is 1. The molecule has 1 aromatic carbocycles. The number of nitrogens with two attached hydrogens (primary N) is 1. The van der Waals surface area contributed by atoms with E-state index in [-0.39, 0.29) is 11.9 Å². The van der Waals surface area contributed by atoms with Crippen LogP contribution in [-0.4, -0.2) is 19.0 Å². The monoisotopic (exact) mass is 236 g/mol. The van der Waals surface area contributed by atoms with Gasteiger partial charge < -0.3 is 15.2 Å². The third kappa shape index (κ3) is 3.66. The van der Waals surface area contributed by atoms with Gasteiger partial charge in [-0.25, -0.2) is 0 Å². The SMILES string of the molecule is CCCC(C)Oc1cc(OC)ccc1C(=N)N. The molecule has 17 heavy (non-hydrogen) atoms. The van der Waals surface area contributed by atoms with Gasteiger partial charge in [-0.05, 0) is 25.5 Å². The summed E-state index contributed by atoms with van der Waals surface area (Å²) in [6.45, 7) is 4.12. The van der Waals surface area contributed by atoms with Crippen molar-refractivity contribution in [1.29, 1.82) is 5.41 Å². The lowest BCUT2D eigenvalue weighted by Crippen LogP contribution is -2.17. The number of nitrogen functional groups attached to an aromatic ring is 1. The molecule has 1 atom stereocenters. The van der Waals surface area contributed by atoms with Gasteiger partial charge in [0.1, 0.15) is 17.3 Å². The molecule has 0 aliphatic heterocycles. The van der Waals surface area contributed by atoms with Crippen molar-refractivity contribution in [3.8, 4) is 11.5 Å². The zero-order chi connectivity index (χ0) is 12.8. The van der Waals surface area contributed by atoms with Crippen molar-refractivity contribution in [3.05, 3.63) is 23.8 Å². The Labute approximate surface area is 102 Å². The van der Waals surface area contributed by atoms with Crippen LogP contribution in [0.4, 0.5) is 0 Å². The lowest BCUT2D eigenvalue weighted by Gasteiger charge is -2.17. The summed E-state index contributed by atoms with van der Waals surface area (Å²) < 4.78 is 10.9. The molecule has 0 saturated carbocycles. The molecule has 0 radical (unpaired) electrons. The first kappa shape index (κ1) is 13.4. The summed E-state index contributed by atoms with van der Waals surface area (Å²) in [5, 5.41) is 7.51. The van der Waals surface area contributed by atoms with Gasteiger partial charge in [0.2, 0.25) is 0 Å². The van der Waals surface area contributed by atoms with Crippen LogP contribution in [0.5, 0.6) is 11.5 Å². The van der Waals surface area contributed by atoms with Crippen molar-refractivity contribution >= 4 is 5.84 Å². The maximum absolute atomic E-state index is 7.51. The van der Waals surface area contributed by atoms with Crippen molar-refractivity contribution in [2.24, 2.45) is 5.73 Å². The van der Waals surface area contributed by atoms with Crippen LogP contribution in [-0.2, 0) is 0 Å². The van der Waals surface area contributed by atoms with Gasteiger partial charge in [-0.2, -0.15) is 0 Å². The highest BCUT2D eigenvalue weighted by Crippen LogP contribution is 2.26. The van der Waals surface area contributed by atoms with Crippen molar-refractivity contribution in [1.82, 2.24) is 0 Å². The Bertz CT molecular complexity index is 391. The lowest BCUT2D eigenvalue weighted by atomic mass is 10.1. The van der Waals surface area contributed by atoms with E-state index in [1.54, 1.807) is 25.3 Å². The minimum absolute atomic E-state index is 0.00588. The Morgan fingerprint density at radius 1 is 1.47 bits per heavy atom. The summed E-state index contributed by atoms with van der Waals surface area (Å²) in [6, 6.07) is 5.28. The summed E-state index contributed by atoms with van der Waals surface area (Å²) in [5.74, 6) is 1.32. The third-order valence-corrected chi connectivity index (χ3v) is 2.50. The van der Waals surface area contributed by atoms with E-state index in [0.29, 0.717) is 17.1 Å². The summed E-state index contributed by atoms with van der Waals surface area (Å²) in [7, 11) is 1.60. The maximum Gasteiger partial charge on any atom is 0.134 e. The van der Waals surface area contributed by atoms with E-state index in [2.05, 4.69) is 6.92 Å². The number of hydrogen-bond acceptors (Lipinski definition) is 3. The minimum Gasteiger partial charge on any atom is -0.497 e. The smallest absolute Gasteiger partial charge is 0.134 e. The van der Waals surface area contributed by atoms with Gasteiger partial charge in [-0.1, -0.05) is 13.3 Å². The van der Waals surface area contributed by atoms with Crippen LogP contribution < -0.4 is 15.2 Å². The van der Waals surface area contributed by atoms with Crippen molar-refractivity contribution < 1.29 is 9.47 Å². The molecular formula is C13H20N2O2. The maximum atomic E-state index is 7.51. The van der Waals surface area contributed by atoms with Gasteiger partial charge in [0.05, 0.1) is 18.8 Å². The Hall–Kier alpha value is -1.71. The zero-order valence-electron chi connectivity index (χ0n) is 10.6. The molecule has 0 amide bonds. The molecule has 0 aliphatic carbocycles. The van der Waals surface area contributed by atoms with Gasteiger partial charge in [-0.15, -0.1) is 0 Å². The highest BCUT2D eigenvalue weighted by atomic mass is 16.5. The highest BCUT2D eigenvalue weighted by molar-refractivity contribution is 5.97. The summed E-state index contributed by atoms with van der Waals surface area (Å²) in [4.78, 5) is 0. The Kier molecular flexibility index (Phi) is 4.82. The molecule has 1 unspecified atom stereocenters. The number of benzene rings is 1. The van der Waals surface area contributed by atoms with E-state index in [0.717, 1.165) is 12.8 Å². The van der Waals surface area contributed by atoms with E-state index in [1.165, 1.54) is 0 Å². The fraction of sp³-hybridized carbons (Fsp3) is 0.462. The molecule has 94 valence electrons. The average molecular weight is 236 g/mol. The average Bonchev–Trinajstić information content (AvgIpc) is 2.28. The quantitative estimate of drug-likeness (QED) is 0.589. The first-order valence-corrected chi connectivity index (χ1v) is 5.77. The minimum atomic E-state index is 0.00588. The predicted octanol–water partition coefficient (Wildman–Crippen LogP) is 2.55. The second-order valence-corrected chi connectivity index (χ2v) is 3.99. The second kappa shape index (κ2) is 6.13. The van der Waals surface area contributed by atoms with Gasteiger partial charge in [0.25, 0.3) is 0 Å². The molecule has 0 saturated heterocycles. The third-order valence-electron chi connectivity index (χ3n) is 2.50. The van der Waals surface area contributed by atoms with Gasteiger partial charge in [0, 0.05) is 6.07 Å². The molecule has 4 nitrogen and oxygen atoms in total. The zero-order valence-corrected chi connectivity index (χ0v) is 10.6. The standard InChI is InChI=1S/C13H20N2O2/c1-4-5-9(2)17-12-8-10(16-3)6-7-11(12)13(14)15/h6-9H,4-5H2,1-3H3,(H3,14,15). The van der Waals surface area contributed by atoms with E-state index in [4.69, 9.17) is 20.6 Å². The van der Waals surface area contributed by atoms with E-state index < -0.39 is 0 Å². The summed E-state index contributed by atoms with van der Waals surface area (Å²) >= 11 is 0. The number of hydrogen-bond donors (Lipinski definition) is 2. The van der Waals surface area contributed by atoms with Gasteiger partial charge in [-0.3, -0.25) is 5.41 Å². The van der Waals surface area contributed by atoms with Crippen LogP contribution in [0.2, 0.25) is 0 Å². The predicted molar refractivity (Wildman–Crippen MR) is 69.0 cm³/mol. The number of ether oxygens (including phenoxy) is 2. The molecule has 0 fully saturated rings. The van der Waals surface area contributed by atoms with Crippen molar-refractivity contribution in [3.63, 3.8) is 0 Å². The Morgan fingerprint density at radius 3 is 2.71 bits per heavy atom. The molecular weight excluding hydrogens is 216 g/mol. The molecule has 1 rings (SSSR count). The van der Waals surface area contributed by atoms with Crippen molar-refractivity contribution in [2.45, 2.75) is 32.8 Å². The number of amidine groups is 1. The molecule has 3 N–H and O–H groups in total. The van der Waals surface area contributed by atoms with E-state index in [9.17, 15) is 0 Å². The van der Waals surface area contributed by atoms with E-state index in [1.807, 2.05) is 6.92 Å². The topological polar surface area (TPSA) is 68.3 Å². The number of nitrogens with one attached hydrogen (secondary N) is 1. The van der Waals surface area contributed by atoms with Crippen LogP contribution in [0.1, 0.15) is 32.3 Å².